The number of hydrogen-bond acceptors (Lipinski definition) is 4. The number of carbonyl (C=O) groups is 1. The van der Waals surface area contributed by atoms with E-state index in [0.29, 0.717) is 17.3 Å². The van der Waals surface area contributed by atoms with Crippen molar-refractivity contribution in [2.75, 3.05) is 0 Å². The van der Waals surface area contributed by atoms with Gasteiger partial charge in [-0.05, 0) is 25.0 Å². The summed E-state index contributed by atoms with van der Waals surface area (Å²) in [5.74, 6) is 0.694. The number of nitrogens with one attached hydrogen (secondary N) is 2. The molecule has 0 fully saturated rings. The molecule has 3 heterocycles. The second kappa shape index (κ2) is 6.62. The molecule has 134 valence electrons. The van der Waals surface area contributed by atoms with E-state index in [0.717, 1.165) is 42.0 Å². The molecule has 1 aliphatic heterocycles. The Morgan fingerprint density at radius 1 is 1.19 bits per heavy atom. The van der Waals surface area contributed by atoms with Gasteiger partial charge in [-0.15, -0.1) is 0 Å². The van der Waals surface area contributed by atoms with Gasteiger partial charge in [-0.25, -0.2) is 9.67 Å². The number of imidazole rings is 1. The molecule has 3 aromatic rings. The SMILES string of the molecule is O=C(Cn1[nH]c(=O)c2ccccc2c1=O)NCc1cn2c(n1)CCCC2. The van der Waals surface area contributed by atoms with E-state index in [1.807, 2.05) is 6.20 Å². The molecule has 0 radical (unpaired) electrons. The molecule has 8 heteroatoms. The molecule has 0 bridgehead atoms. The van der Waals surface area contributed by atoms with Crippen LogP contribution in [0.5, 0.6) is 0 Å². The minimum absolute atomic E-state index is 0.244. The van der Waals surface area contributed by atoms with Crippen molar-refractivity contribution in [1.29, 1.82) is 0 Å². The number of carbonyl (C=O) groups excluding carboxylic acids is 1. The highest BCUT2D eigenvalue weighted by atomic mass is 16.2. The number of benzene rings is 1. The van der Waals surface area contributed by atoms with Crippen LogP contribution in [0.15, 0.2) is 40.1 Å². The third kappa shape index (κ3) is 3.05. The van der Waals surface area contributed by atoms with Crippen molar-refractivity contribution >= 4 is 16.7 Å². The standard InChI is InChI=1S/C18H19N5O3/c24-16(19-9-12-10-22-8-4-3-7-15(22)20-12)11-23-18(26)14-6-2-1-5-13(14)17(25)21-23/h1-2,5-6,10H,3-4,7-9,11H2,(H,19,24)(H,21,25). The van der Waals surface area contributed by atoms with Gasteiger partial charge in [0.25, 0.3) is 11.1 Å². The van der Waals surface area contributed by atoms with Crippen LogP contribution in [-0.2, 0) is 30.8 Å². The molecule has 2 N–H and O–H groups in total. The first-order valence-corrected chi connectivity index (χ1v) is 8.65. The summed E-state index contributed by atoms with van der Waals surface area (Å²) in [6.07, 6.45) is 5.20. The molecule has 8 nitrogen and oxygen atoms in total. The average molecular weight is 353 g/mol. The van der Waals surface area contributed by atoms with E-state index in [9.17, 15) is 14.4 Å². The van der Waals surface area contributed by atoms with Gasteiger partial charge in [0.05, 0.1) is 23.0 Å². The van der Waals surface area contributed by atoms with Crippen LogP contribution in [0, 0.1) is 0 Å². The second-order valence-electron chi connectivity index (χ2n) is 6.45. The van der Waals surface area contributed by atoms with Crippen LogP contribution in [0.2, 0.25) is 0 Å². The van der Waals surface area contributed by atoms with Gasteiger partial charge in [-0.1, -0.05) is 12.1 Å². The maximum Gasteiger partial charge on any atom is 0.273 e. The van der Waals surface area contributed by atoms with Crippen molar-refractivity contribution < 1.29 is 4.79 Å². The van der Waals surface area contributed by atoms with Gasteiger partial charge in [0, 0.05) is 19.2 Å². The van der Waals surface area contributed by atoms with Crippen molar-refractivity contribution in [1.82, 2.24) is 24.6 Å². The van der Waals surface area contributed by atoms with E-state index in [1.54, 1.807) is 24.3 Å². The summed E-state index contributed by atoms with van der Waals surface area (Å²) in [6, 6.07) is 6.55. The zero-order valence-electron chi connectivity index (χ0n) is 14.2. The summed E-state index contributed by atoms with van der Waals surface area (Å²) in [4.78, 5) is 41.2. The van der Waals surface area contributed by atoms with Gasteiger partial charge in [-0.2, -0.15) is 0 Å². The Balaban J connectivity index is 1.47. The number of H-pyrrole nitrogens is 1. The molecule has 0 saturated carbocycles. The summed E-state index contributed by atoms with van der Waals surface area (Å²) >= 11 is 0. The third-order valence-corrected chi connectivity index (χ3v) is 4.61. The van der Waals surface area contributed by atoms with Gasteiger partial charge in [0.15, 0.2) is 0 Å². The van der Waals surface area contributed by atoms with E-state index in [4.69, 9.17) is 0 Å². The zero-order chi connectivity index (χ0) is 18.1. The zero-order valence-corrected chi connectivity index (χ0v) is 14.2. The number of hydrogen-bond donors (Lipinski definition) is 2. The largest absolute Gasteiger partial charge is 0.349 e. The summed E-state index contributed by atoms with van der Waals surface area (Å²) in [5.41, 5.74) is 0.0113. The van der Waals surface area contributed by atoms with Crippen LogP contribution in [-0.4, -0.2) is 25.2 Å². The molecule has 1 amide bonds. The first-order chi connectivity index (χ1) is 12.6. The molecule has 26 heavy (non-hydrogen) atoms. The van der Waals surface area contributed by atoms with Gasteiger partial charge >= 0.3 is 0 Å². The summed E-state index contributed by atoms with van der Waals surface area (Å²) in [6.45, 7) is 1.02. The predicted octanol–water partition coefficient (Wildman–Crippen LogP) is 0.539. The Kier molecular flexibility index (Phi) is 4.16. The molecule has 0 unspecified atom stereocenters. The number of aryl methyl sites for hydroxylation is 2. The lowest BCUT2D eigenvalue weighted by Crippen LogP contribution is -2.36. The second-order valence-corrected chi connectivity index (χ2v) is 6.45. The van der Waals surface area contributed by atoms with E-state index < -0.39 is 11.1 Å². The molecule has 0 aliphatic carbocycles. The molecule has 0 spiro atoms. The highest BCUT2D eigenvalue weighted by Crippen LogP contribution is 2.14. The van der Waals surface area contributed by atoms with Crippen molar-refractivity contribution in [3.63, 3.8) is 0 Å². The average Bonchev–Trinajstić information content (AvgIpc) is 3.07. The first-order valence-electron chi connectivity index (χ1n) is 8.65. The predicted molar refractivity (Wildman–Crippen MR) is 95.8 cm³/mol. The fourth-order valence-electron chi connectivity index (χ4n) is 3.30. The van der Waals surface area contributed by atoms with Crippen LogP contribution in [0.25, 0.3) is 10.8 Å². The van der Waals surface area contributed by atoms with Crippen molar-refractivity contribution in [2.45, 2.75) is 38.9 Å². The molecule has 1 aliphatic rings. The smallest absolute Gasteiger partial charge is 0.273 e. The van der Waals surface area contributed by atoms with Gasteiger partial charge in [-0.3, -0.25) is 19.5 Å². The van der Waals surface area contributed by atoms with Crippen LogP contribution < -0.4 is 16.4 Å². The van der Waals surface area contributed by atoms with Crippen molar-refractivity contribution in [3.8, 4) is 0 Å². The number of amides is 1. The lowest BCUT2D eigenvalue weighted by atomic mass is 10.2. The number of nitrogens with zero attached hydrogens (tertiary/aromatic N) is 3. The van der Waals surface area contributed by atoms with E-state index in [1.165, 1.54) is 0 Å². The fourth-order valence-corrected chi connectivity index (χ4v) is 3.30. The molecule has 4 rings (SSSR count). The first kappa shape index (κ1) is 16.3. The maximum atomic E-state index is 12.4. The fraction of sp³-hybridized carbons (Fsp3) is 0.333. The van der Waals surface area contributed by atoms with E-state index >= 15 is 0 Å². The van der Waals surface area contributed by atoms with E-state index in [-0.39, 0.29) is 12.5 Å². The van der Waals surface area contributed by atoms with Crippen molar-refractivity contribution in [2.24, 2.45) is 0 Å². The van der Waals surface area contributed by atoms with E-state index in [2.05, 4.69) is 20.0 Å². The highest BCUT2D eigenvalue weighted by Gasteiger charge is 2.13. The van der Waals surface area contributed by atoms with Gasteiger partial charge < -0.3 is 9.88 Å². The Morgan fingerprint density at radius 2 is 2.00 bits per heavy atom. The summed E-state index contributed by atoms with van der Waals surface area (Å²) in [7, 11) is 0. The van der Waals surface area contributed by atoms with Crippen LogP contribution in [0.3, 0.4) is 0 Å². The summed E-state index contributed by atoms with van der Waals surface area (Å²) in [5, 5.41) is 5.82. The topological polar surface area (TPSA) is 102 Å². The van der Waals surface area contributed by atoms with Crippen LogP contribution >= 0.6 is 0 Å². The van der Waals surface area contributed by atoms with Crippen molar-refractivity contribution in [3.05, 3.63) is 62.7 Å². The molecule has 0 atom stereocenters. The number of aromatic nitrogens is 4. The molecule has 0 saturated heterocycles. The monoisotopic (exact) mass is 353 g/mol. The number of rotatable bonds is 4. The molecular weight excluding hydrogens is 334 g/mol. The Hall–Kier alpha value is -3.16. The number of fused-ring (bicyclic) bond motifs is 2. The number of aromatic amines is 1. The normalized spacial score (nSPS) is 13.5. The molecular formula is C18H19N5O3. The lowest BCUT2D eigenvalue weighted by molar-refractivity contribution is -0.122. The van der Waals surface area contributed by atoms with Gasteiger partial charge in [0.1, 0.15) is 12.4 Å². The minimum Gasteiger partial charge on any atom is -0.349 e. The lowest BCUT2D eigenvalue weighted by Gasteiger charge is -2.11. The Morgan fingerprint density at radius 3 is 2.81 bits per heavy atom. The Bertz CT molecular complexity index is 1070. The van der Waals surface area contributed by atoms with Crippen LogP contribution in [0.4, 0.5) is 0 Å². The van der Waals surface area contributed by atoms with Gasteiger partial charge in [0.2, 0.25) is 5.91 Å². The molecule has 1 aromatic carbocycles. The van der Waals surface area contributed by atoms with Crippen LogP contribution in [0.1, 0.15) is 24.4 Å². The maximum absolute atomic E-state index is 12.4. The minimum atomic E-state index is -0.396. The summed E-state index contributed by atoms with van der Waals surface area (Å²) < 4.78 is 3.16. The Labute approximate surface area is 148 Å². The molecule has 2 aromatic heterocycles. The highest BCUT2D eigenvalue weighted by molar-refractivity contribution is 5.81. The third-order valence-electron chi connectivity index (χ3n) is 4.61. The quantitative estimate of drug-likeness (QED) is 0.715.